The molecule has 2 aliphatic heterocycles. The Morgan fingerprint density at radius 3 is 2.50 bits per heavy atom. The molecular formula is C13H21N3O2. The molecule has 0 spiro atoms. The molecule has 0 radical (unpaired) electrons. The van der Waals surface area contributed by atoms with Crippen molar-refractivity contribution >= 4 is 5.97 Å². The minimum absolute atomic E-state index is 0.0660. The summed E-state index contributed by atoms with van der Waals surface area (Å²) in [6.07, 6.45) is 2.73. The van der Waals surface area contributed by atoms with Gasteiger partial charge in [0.25, 0.3) is 0 Å². The summed E-state index contributed by atoms with van der Waals surface area (Å²) in [5.74, 6) is -0.689. The Morgan fingerprint density at radius 2 is 2.22 bits per heavy atom. The van der Waals surface area contributed by atoms with Crippen molar-refractivity contribution in [1.82, 2.24) is 15.1 Å². The maximum atomic E-state index is 10.3. The Labute approximate surface area is 107 Å². The molecule has 18 heavy (non-hydrogen) atoms. The molecule has 5 heteroatoms. The molecule has 5 nitrogen and oxygen atoms in total. The zero-order valence-electron chi connectivity index (χ0n) is 11.2. The van der Waals surface area contributed by atoms with E-state index in [4.69, 9.17) is 5.11 Å². The van der Waals surface area contributed by atoms with E-state index in [1.54, 1.807) is 0 Å². The number of carbonyl (C=O) groups is 1. The van der Waals surface area contributed by atoms with Crippen molar-refractivity contribution in [3.8, 4) is 0 Å². The van der Waals surface area contributed by atoms with E-state index in [-0.39, 0.29) is 11.3 Å². The van der Waals surface area contributed by atoms with Crippen LogP contribution in [0.5, 0.6) is 0 Å². The first-order chi connectivity index (χ1) is 8.38. The van der Waals surface area contributed by atoms with Crippen LogP contribution in [0.3, 0.4) is 0 Å². The van der Waals surface area contributed by atoms with Crippen LogP contribution in [0.25, 0.3) is 0 Å². The second kappa shape index (κ2) is 4.72. The maximum Gasteiger partial charge on any atom is 0.307 e. The van der Waals surface area contributed by atoms with Crippen molar-refractivity contribution < 1.29 is 9.90 Å². The number of hydrogen-bond acceptors (Lipinski definition) is 3. The summed E-state index contributed by atoms with van der Waals surface area (Å²) in [5.41, 5.74) is 1.29. The van der Waals surface area contributed by atoms with Crippen molar-refractivity contribution in [3.63, 3.8) is 0 Å². The van der Waals surface area contributed by atoms with Crippen molar-refractivity contribution in [3.05, 3.63) is 18.0 Å². The first kappa shape index (κ1) is 13.1. The molecule has 0 bridgehead atoms. The number of aliphatic carboxylic acids is 1. The van der Waals surface area contributed by atoms with E-state index in [9.17, 15) is 4.79 Å². The normalized spacial score (nSPS) is 29.2. The molecule has 3 rings (SSSR count). The fourth-order valence-corrected chi connectivity index (χ4v) is 2.21. The van der Waals surface area contributed by atoms with Crippen molar-refractivity contribution in [2.45, 2.75) is 38.6 Å². The van der Waals surface area contributed by atoms with Gasteiger partial charge in [0.1, 0.15) is 0 Å². The number of carboxylic acid groups (broad SMARTS) is 1. The summed E-state index contributed by atoms with van der Waals surface area (Å²) in [6, 6.07) is 2.63. The molecule has 1 aromatic rings. The molecule has 100 valence electrons. The van der Waals surface area contributed by atoms with Gasteiger partial charge in [0.15, 0.2) is 0 Å². The third-order valence-electron chi connectivity index (χ3n) is 3.46. The molecule has 2 N–H and O–H groups in total. The summed E-state index contributed by atoms with van der Waals surface area (Å²) < 4.78 is 0. The van der Waals surface area contributed by atoms with Gasteiger partial charge in [-0.05, 0) is 12.5 Å². The van der Waals surface area contributed by atoms with Crippen molar-refractivity contribution in [1.29, 1.82) is 0 Å². The molecule has 2 saturated heterocycles. The van der Waals surface area contributed by atoms with Crippen LogP contribution >= 0.6 is 0 Å². The van der Waals surface area contributed by atoms with Gasteiger partial charge in [-0.1, -0.05) is 20.8 Å². The zero-order chi connectivity index (χ0) is 13.3. The largest absolute Gasteiger partial charge is 0.481 e. The van der Waals surface area contributed by atoms with E-state index in [0.717, 1.165) is 25.2 Å². The highest BCUT2D eigenvalue weighted by atomic mass is 16.4. The Hall–Kier alpha value is -1.36. The van der Waals surface area contributed by atoms with Gasteiger partial charge in [-0.15, -0.1) is 0 Å². The molecule has 0 saturated carbocycles. The highest BCUT2D eigenvalue weighted by Crippen LogP contribution is 2.33. The number of carboxylic acids is 1. The molecule has 3 atom stereocenters. The molecular weight excluding hydrogens is 230 g/mol. The maximum absolute atomic E-state index is 10.3. The molecule has 1 aromatic heterocycles. The molecule has 3 heterocycles. The highest BCUT2D eigenvalue weighted by Gasteiger charge is 2.45. The molecule has 0 aliphatic carbocycles. The summed E-state index contributed by atoms with van der Waals surface area (Å²) in [5, 5.41) is 15.4. The predicted octanol–water partition coefficient (Wildman–Crippen LogP) is 1.48. The standard InChI is InChI=1S/C7H12N2.C6H9NO2/c1-7(2,3)6-4-5-8-9-6;8-6(9)4-1-5-3-7(5)2-4/h4-5H,1-3H3,(H,8,9);4-5H,1-3H2,(H,8,9). The van der Waals surface area contributed by atoms with Gasteiger partial charge >= 0.3 is 5.97 Å². The number of piperidine rings is 1. The summed E-state index contributed by atoms with van der Waals surface area (Å²) in [7, 11) is 0. The van der Waals surface area contributed by atoms with E-state index in [1.165, 1.54) is 0 Å². The van der Waals surface area contributed by atoms with Gasteiger partial charge in [-0.3, -0.25) is 14.8 Å². The summed E-state index contributed by atoms with van der Waals surface area (Å²) in [6.45, 7) is 8.36. The highest BCUT2D eigenvalue weighted by molar-refractivity contribution is 5.71. The van der Waals surface area contributed by atoms with Crippen LogP contribution in [0.1, 0.15) is 32.9 Å². The first-order valence-electron chi connectivity index (χ1n) is 6.35. The minimum Gasteiger partial charge on any atom is -0.481 e. The molecule has 3 unspecified atom stereocenters. The SMILES string of the molecule is CC(C)(C)c1cc[nH]n1.O=C(O)C1CC2CN2C1. The lowest BCUT2D eigenvalue weighted by Gasteiger charge is -2.13. The average Bonchev–Trinajstić information content (AvgIpc) is 2.75. The van der Waals surface area contributed by atoms with Crippen LogP contribution in [-0.2, 0) is 10.2 Å². The summed E-state index contributed by atoms with van der Waals surface area (Å²) >= 11 is 0. The number of fused-ring (bicyclic) bond motifs is 1. The van der Waals surface area contributed by atoms with Gasteiger partial charge < -0.3 is 5.11 Å². The lowest BCUT2D eigenvalue weighted by atomic mass is 9.93. The van der Waals surface area contributed by atoms with E-state index < -0.39 is 5.97 Å². The quantitative estimate of drug-likeness (QED) is 0.742. The predicted molar refractivity (Wildman–Crippen MR) is 68.4 cm³/mol. The molecule has 0 aromatic carbocycles. The second-order valence-corrected chi connectivity index (χ2v) is 6.09. The number of rotatable bonds is 1. The molecule has 2 aliphatic rings. The van der Waals surface area contributed by atoms with Gasteiger partial charge in [-0.2, -0.15) is 5.10 Å². The van der Waals surface area contributed by atoms with Crippen molar-refractivity contribution in [2.75, 3.05) is 13.1 Å². The van der Waals surface area contributed by atoms with Crippen LogP contribution in [-0.4, -0.2) is 45.3 Å². The fourth-order valence-electron chi connectivity index (χ4n) is 2.21. The number of aromatic amines is 1. The van der Waals surface area contributed by atoms with Crippen LogP contribution in [0.2, 0.25) is 0 Å². The molecule has 2 fully saturated rings. The third-order valence-corrected chi connectivity index (χ3v) is 3.46. The monoisotopic (exact) mass is 251 g/mol. The number of H-pyrrole nitrogens is 1. The smallest absolute Gasteiger partial charge is 0.307 e. The van der Waals surface area contributed by atoms with Crippen LogP contribution in [0.15, 0.2) is 12.3 Å². The van der Waals surface area contributed by atoms with E-state index in [0.29, 0.717) is 6.04 Å². The number of hydrogen-bond donors (Lipinski definition) is 2. The second-order valence-electron chi connectivity index (χ2n) is 6.09. The van der Waals surface area contributed by atoms with Crippen LogP contribution < -0.4 is 0 Å². The Balaban J connectivity index is 0.000000134. The lowest BCUT2D eigenvalue weighted by Crippen LogP contribution is -2.17. The molecule has 0 amide bonds. The van der Waals surface area contributed by atoms with Gasteiger partial charge in [0.2, 0.25) is 0 Å². The Kier molecular flexibility index (Phi) is 3.43. The van der Waals surface area contributed by atoms with E-state index >= 15 is 0 Å². The van der Waals surface area contributed by atoms with E-state index in [1.807, 2.05) is 12.3 Å². The fraction of sp³-hybridized carbons (Fsp3) is 0.692. The van der Waals surface area contributed by atoms with Crippen LogP contribution in [0.4, 0.5) is 0 Å². The van der Waals surface area contributed by atoms with Gasteiger partial charge in [0.05, 0.1) is 11.6 Å². The number of aromatic nitrogens is 2. The van der Waals surface area contributed by atoms with Gasteiger partial charge in [-0.25, -0.2) is 0 Å². The van der Waals surface area contributed by atoms with Crippen LogP contribution in [0, 0.1) is 5.92 Å². The number of nitrogens with zero attached hydrogens (tertiary/aromatic N) is 2. The third kappa shape index (κ3) is 3.10. The average molecular weight is 251 g/mol. The Morgan fingerprint density at radius 1 is 1.50 bits per heavy atom. The van der Waals surface area contributed by atoms with Crippen molar-refractivity contribution in [2.24, 2.45) is 5.92 Å². The number of nitrogens with one attached hydrogen (secondary N) is 1. The minimum atomic E-state index is -0.623. The van der Waals surface area contributed by atoms with Gasteiger partial charge in [0, 0.05) is 30.7 Å². The zero-order valence-corrected chi connectivity index (χ0v) is 11.2. The Bertz CT molecular complexity index is 398. The summed E-state index contributed by atoms with van der Waals surface area (Å²) in [4.78, 5) is 12.5. The first-order valence-corrected chi connectivity index (χ1v) is 6.35. The topological polar surface area (TPSA) is 69.0 Å². The lowest BCUT2D eigenvalue weighted by molar-refractivity contribution is -0.141. The van der Waals surface area contributed by atoms with E-state index in [2.05, 4.69) is 35.9 Å².